The molecule has 2 aliphatic heterocycles. The summed E-state index contributed by atoms with van der Waals surface area (Å²) in [5.41, 5.74) is 2.87. The number of hydrogen-bond acceptors (Lipinski definition) is 7. The van der Waals surface area contributed by atoms with Crippen molar-refractivity contribution in [3.63, 3.8) is 0 Å². The number of aromatic nitrogens is 1. The lowest BCUT2D eigenvalue weighted by Crippen LogP contribution is -2.33. The summed E-state index contributed by atoms with van der Waals surface area (Å²) < 4.78 is 1.43. The van der Waals surface area contributed by atoms with Crippen LogP contribution < -0.4 is 20.0 Å². The molecule has 1 fully saturated rings. The van der Waals surface area contributed by atoms with Gasteiger partial charge < -0.3 is 10.2 Å². The van der Waals surface area contributed by atoms with Gasteiger partial charge in [-0.05, 0) is 64.9 Å². The highest BCUT2D eigenvalue weighted by Gasteiger charge is 2.56. The van der Waals surface area contributed by atoms with Gasteiger partial charge in [0, 0.05) is 41.3 Å². The summed E-state index contributed by atoms with van der Waals surface area (Å²) in [6.07, 6.45) is 0. The van der Waals surface area contributed by atoms with E-state index in [0.717, 1.165) is 33.4 Å². The average molecular weight is 655 g/mol. The summed E-state index contributed by atoms with van der Waals surface area (Å²) in [5, 5.41) is 5.22. The number of hydrogen-bond donors (Lipinski definition) is 1. The average Bonchev–Trinajstić information content (AvgIpc) is 3.47. The molecular formula is C34H27ClN4O4S2. The van der Waals surface area contributed by atoms with Crippen LogP contribution in [-0.4, -0.2) is 41.6 Å². The molecule has 2 aliphatic rings. The van der Waals surface area contributed by atoms with E-state index in [9.17, 15) is 19.2 Å². The fourth-order valence-corrected chi connectivity index (χ4v) is 8.95. The van der Waals surface area contributed by atoms with E-state index in [0.29, 0.717) is 26.3 Å². The fourth-order valence-electron chi connectivity index (χ4n) is 6.05. The minimum absolute atomic E-state index is 0.225. The second-order valence-electron chi connectivity index (χ2n) is 11.2. The predicted octanol–water partition coefficient (Wildman–Crippen LogP) is 6.22. The molecule has 45 heavy (non-hydrogen) atoms. The maximum atomic E-state index is 14.1. The summed E-state index contributed by atoms with van der Waals surface area (Å²) in [6, 6.07) is 27.9. The zero-order valence-corrected chi connectivity index (χ0v) is 26.7. The number of rotatable bonds is 6. The van der Waals surface area contributed by atoms with E-state index in [-0.39, 0.29) is 29.1 Å². The molecule has 3 heterocycles. The zero-order valence-electron chi connectivity index (χ0n) is 24.3. The number of amides is 3. The third-order valence-corrected chi connectivity index (χ3v) is 11.1. The summed E-state index contributed by atoms with van der Waals surface area (Å²) in [4.78, 5) is 58.4. The van der Waals surface area contributed by atoms with Crippen LogP contribution in [0.1, 0.15) is 16.4 Å². The van der Waals surface area contributed by atoms with Crippen LogP contribution in [0.4, 0.5) is 17.1 Å². The van der Waals surface area contributed by atoms with Crippen LogP contribution in [0.5, 0.6) is 0 Å². The molecule has 226 valence electrons. The van der Waals surface area contributed by atoms with Crippen molar-refractivity contribution in [2.45, 2.75) is 22.7 Å². The Morgan fingerprint density at radius 2 is 1.60 bits per heavy atom. The second-order valence-corrected chi connectivity index (χ2v) is 13.8. The Hall–Kier alpha value is -4.38. The molecule has 1 N–H and O–H groups in total. The standard InChI is InChI=1S/C34H27ClN4O4S2/c1-37(2)24-13-8-20(9-14-24)27-28-29(32(42)39(31(28)41)25-15-10-22(35)11-16-25)44-33-30(27)45-34(43)38(33)18-26(40)36-23-12-7-19-5-3-4-6-21(19)17-23/h3-17,27-29H,18H2,1-2H3,(H,36,40)/t27-,28-,29+/m0/s1. The van der Waals surface area contributed by atoms with E-state index < -0.39 is 17.1 Å². The molecule has 1 aromatic heterocycles. The normalized spacial score (nSPS) is 19.0. The van der Waals surface area contributed by atoms with E-state index in [1.54, 1.807) is 24.3 Å². The van der Waals surface area contributed by atoms with Crippen molar-refractivity contribution in [2.75, 3.05) is 29.2 Å². The van der Waals surface area contributed by atoms with Crippen molar-refractivity contribution >= 4 is 80.3 Å². The molecule has 1 saturated heterocycles. The van der Waals surface area contributed by atoms with Gasteiger partial charge in [-0.25, -0.2) is 4.90 Å². The highest BCUT2D eigenvalue weighted by molar-refractivity contribution is 8.00. The van der Waals surface area contributed by atoms with Gasteiger partial charge in [0.05, 0.1) is 16.6 Å². The van der Waals surface area contributed by atoms with Crippen LogP contribution >= 0.6 is 34.7 Å². The van der Waals surface area contributed by atoms with E-state index in [4.69, 9.17) is 11.6 Å². The Morgan fingerprint density at radius 1 is 0.889 bits per heavy atom. The third kappa shape index (κ3) is 5.22. The number of anilines is 3. The number of carbonyl (C=O) groups excluding carboxylic acids is 3. The van der Waals surface area contributed by atoms with Gasteiger partial charge in [0.2, 0.25) is 17.7 Å². The number of halogens is 1. The quantitative estimate of drug-likeness (QED) is 0.219. The number of nitrogens with one attached hydrogen (secondary N) is 1. The van der Waals surface area contributed by atoms with Gasteiger partial charge in [-0.2, -0.15) is 0 Å². The molecule has 0 aliphatic carbocycles. The van der Waals surface area contributed by atoms with E-state index in [1.807, 2.05) is 85.7 Å². The molecule has 4 aromatic carbocycles. The molecule has 0 saturated carbocycles. The Labute approximate surface area is 272 Å². The maximum absolute atomic E-state index is 14.1. The third-order valence-electron chi connectivity index (χ3n) is 8.24. The molecule has 5 aromatic rings. The van der Waals surface area contributed by atoms with Gasteiger partial charge in [0.15, 0.2) is 0 Å². The van der Waals surface area contributed by atoms with Crippen molar-refractivity contribution in [2.24, 2.45) is 5.92 Å². The molecule has 0 bridgehead atoms. The van der Waals surface area contributed by atoms with Crippen LogP contribution in [0.3, 0.4) is 0 Å². The van der Waals surface area contributed by atoms with Gasteiger partial charge in [0.25, 0.3) is 0 Å². The Kier molecular flexibility index (Phi) is 7.51. The summed E-state index contributed by atoms with van der Waals surface area (Å²) in [5.74, 6) is -2.32. The van der Waals surface area contributed by atoms with Crippen molar-refractivity contribution in [3.8, 4) is 0 Å². The SMILES string of the molecule is CN(C)c1ccc([C@@H]2c3sc(=O)n(CC(=O)Nc4ccc5ccccc5c4)c3S[C@H]3C(=O)N(c4ccc(Cl)cc4)C(=O)[C@@H]23)cc1. The minimum Gasteiger partial charge on any atom is -0.378 e. The molecule has 0 radical (unpaired) electrons. The predicted molar refractivity (Wildman–Crippen MR) is 181 cm³/mol. The first-order chi connectivity index (χ1) is 21.7. The van der Waals surface area contributed by atoms with Crippen LogP contribution in [0.25, 0.3) is 10.8 Å². The lowest BCUT2D eigenvalue weighted by atomic mass is 9.83. The lowest BCUT2D eigenvalue weighted by molar-refractivity contribution is -0.122. The topological polar surface area (TPSA) is 91.7 Å². The number of thioether (sulfide) groups is 1. The highest BCUT2D eigenvalue weighted by atomic mass is 35.5. The van der Waals surface area contributed by atoms with Crippen LogP contribution in [-0.2, 0) is 20.9 Å². The molecule has 3 atom stereocenters. The van der Waals surface area contributed by atoms with Crippen LogP contribution in [0.2, 0.25) is 5.02 Å². The Balaban J connectivity index is 1.26. The smallest absolute Gasteiger partial charge is 0.308 e. The summed E-state index contributed by atoms with van der Waals surface area (Å²) in [6.45, 7) is -0.225. The molecule has 8 nitrogen and oxygen atoms in total. The van der Waals surface area contributed by atoms with Gasteiger partial charge in [0.1, 0.15) is 11.8 Å². The Morgan fingerprint density at radius 3 is 2.31 bits per heavy atom. The highest BCUT2D eigenvalue weighted by Crippen LogP contribution is 2.54. The van der Waals surface area contributed by atoms with Gasteiger partial charge in [-0.1, -0.05) is 77.2 Å². The maximum Gasteiger partial charge on any atom is 0.308 e. The molecule has 11 heteroatoms. The van der Waals surface area contributed by atoms with Crippen molar-refractivity contribution in [1.82, 2.24) is 4.57 Å². The Bertz CT molecular complexity index is 2040. The fraction of sp³-hybridized carbons (Fsp3) is 0.176. The van der Waals surface area contributed by atoms with Gasteiger partial charge >= 0.3 is 4.87 Å². The number of fused-ring (bicyclic) bond motifs is 3. The molecular weight excluding hydrogens is 628 g/mol. The first-order valence-corrected chi connectivity index (χ1v) is 16.4. The largest absolute Gasteiger partial charge is 0.378 e. The number of carbonyl (C=O) groups is 3. The second kappa shape index (κ2) is 11.5. The van der Waals surface area contributed by atoms with Gasteiger partial charge in [-0.3, -0.25) is 23.7 Å². The number of benzene rings is 4. The minimum atomic E-state index is -0.775. The number of nitrogens with zero attached hydrogens (tertiary/aromatic N) is 3. The summed E-state index contributed by atoms with van der Waals surface area (Å²) in [7, 11) is 3.89. The molecule has 0 spiro atoms. The van der Waals surface area contributed by atoms with E-state index >= 15 is 0 Å². The molecule has 7 rings (SSSR count). The summed E-state index contributed by atoms with van der Waals surface area (Å²) >= 11 is 8.31. The van der Waals surface area contributed by atoms with Crippen molar-refractivity contribution in [3.05, 3.63) is 116 Å². The number of imide groups is 1. The van der Waals surface area contributed by atoms with E-state index in [1.165, 1.54) is 21.2 Å². The van der Waals surface area contributed by atoms with Crippen molar-refractivity contribution in [1.29, 1.82) is 0 Å². The number of thiazole rings is 1. The monoisotopic (exact) mass is 654 g/mol. The van der Waals surface area contributed by atoms with E-state index in [2.05, 4.69) is 5.32 Å². The van der Waals surface area contributed by atoms with Crippen LogP contribution in [0.15, 0.2) is 101 Å². The zero-order chi connectivity index (χ0) is 31.4. The first-order valence-electron chi connectivity index (χ1n) is 14.3. The van der Waals surface area contributed by atoms with Crippen molar-refractivity contribution < 1.29 is 14.4 Å². The first kappa shape index (κ1) is 29.3. The molecule has 0 unspecified atom stereocenters. The van der Waals surface area contributed by atoms with Crippen LogP contribution in [0, 0.1) is 5.92 Å². The molecule has 3 amide bonds. The lowest BCUT2D eigenvalue weighted by Gasteiger charge is -2.31. The van der Waals surface area contributed by atoms with Gasteiger partial charge in [-0.15, -0.1) is 0 Å².